The van der Waals surface area contributed by atoms with Crippen LogP contribution in [0.15, 0.2) is 55.0 Å². The van der Waals surface area contributed by atoms with Crippen LogP contribution in [0.1, 0.15) is 30.2 Å². The van der Waals surface area contributed by atoms with Crippen LogP contribution in [0, 0.1) is 10.1 Å². The van der Waals surface area contributed by atoms with Crippen molar-refractivity contribution in [3.05, 3.63) is 70.7 Å². The Morgan fingerprint density at radius 3 is 2.48 bits per heavy atom. The molecule has 4 rings (SSSR count). The molecule has 2 N–H and O–H groups in total. The predicted molar refractivity (Wildman–Crippen MR) is 116 cm³/mol. The van der Waals surface area contributed by atoms with Gasteiger partial charge in [0, 0.05) is 23.9 Å². The minimum absolute atomic E-state index is 0.0453. The number of carbonyl (C=O) groups is 1. The minimum atomic E-state index is -0.606. The monoisotopic (exact) mass is 417 g/mol. The predicted octanol–water partition coefficient (Wildman–Crippen LogP) is 4.77. The molecular weight excluding hydrogens is 398 g/mol. The number of aldehydes is 1. The van der Waals surface area contributed by atoms with Crippen molar-refractivity contribution in [2.45, 2.75) is 19.9 Å². The van der Waals surface area contributed by atoms with Gasteiger partial charge < -0.3 is 15.0 Å². The topological polar surface area (TPSA) is 126 Å². The van der Waals surface area contributed by atoms with E-state index in [-0.39, 0.29) is 17.3 Å². The first-order valence-electron chi connectivity index (χ1n) is 9.52. The molecule has 0 aliphatic heterocycles. The highest BCUT2D eigenvalue weighted by Crippen LogP contribution is 2.35. The molecule has 0 bridgehead atoms. The summed E-state index contributed by atoms with van der Waals surface area (Å²) >= 11 is 0. The van der Waals surface area contributed by atoms with Crippen molar-refractivity contribution >= 4 is 28.8 Å². The quantitative estimate of drug-likeness (QED) is 0.272. The van der Waals surface area contributed by atoms with Crippen molar-refractivity contribution in [3.8, 4) is 22.6 Å². The first kappa shape index (κ1) is 20.0. The van der Waals surface area contributed by atoms with Crippen LogP contribution in [0.5, 0.6) is 11.5 Å². The Morgan fingerprint density at radius 2 is 1.84 bits per heavy atom. The number of nitro groups is 1. The number of fused-ring (bicyclic) bond motifs is 1. The molecule has 0 saturated carbocycles. The zero-order chi connectivity index (χ0) is 22.1. The molecule has 0 atom stereocenters. The fourth-order valence-electron chi connectivity index (χ4n) is 3.42. The van der Waals surface area contributed by atoms with Gasteiger partial charge in [0.1, 0.15) is 29.3 Å². The summed E-state index contributed by atoms with van der Waals surface area (Å²) in [4.78, 5) is 30.0. The third-order valence-corrected chi connectivity index (χ3v) is 4.92. The van der Waals surface area contributed by atoms with Crippen molar-refractivity contribution in [2.75, 3.05) is 5.73 Å². The lowest BCUT2D eigenvalue weighted by Gasteiger charge is -2.08. The fourth-order valence-corrected chi connectivity index (χ4v) is 3.42. The average molecular weight is 417 g/mol. The minimum Gasteiger partial charge on any atom is -0.457 e. The van der Waals surface area contributed by atoms with Gasteiger partial charge in [-0.25, -0.2) is 9.97 Å². The summed E-state index contributed by atoms with van der Waals surface area (Å²) in [7, 11) is 0. The first-order valence-corrected chi connectivity index (χ1v) is 9.52. The molecule has 4 aromatic rings. The summed E-state index contributed by atoms with van der Waals surface area (Å²) in [6.07, 6.45) is 3.89. The fraction of sp³-hybridized carbons (Fsp3) is 0.136. The van der Waals surface area contributed by atoms with Gasteiger partial charge >= 0.3 is 0 Å². The van der Waals surface area contributed by atoms with Gasteiger partial charge in [-0.1, -0.05) is 12.1 Å². The van der Waals surface area contributed by atoms with Gasteiger partial charge in [0.05, 0.1) is 15.9 Å². The molecule has 0 saturated heterocycles. The average Bonchev–Trinajstić information content (AvgIpc) is 3.15. The number of ether oxygens (including phenoxy) is 1. The molecule has 0 amide bonds. The molecule has 2 aromatic carbocycles. The number of rotatable bonds is 6. The van der Waals surface area contributed by atoms with Crippen molar-refractivity contribution in [1.29, 1.82) is 0 Å². The number of nitrogens with two attached hydrogens (primary N) is 1. The van der Waals surface area contributed by atoms with Crippen LogP contribution in [0.3, 0.4) is 0 Å². The van der Waals surface area contributed by atoms with Crippen molar-refractivity contribution in [2.24, 2.45) is 0 Å². The Morgan fingerprint density at radius 1 is 1.13 bits per heavy atom. The lowest BCUT2D eigenvalue weighted by atomic mass is 10.1. The second kappa shape index (κ2) is 7.86. The second-order valence-electron chi connectivity index (χ2n) is 7.22. The molecule has 0 radical (unpaired) electrons. The molecular formula is C22H19N5O4. The Kier molecular flexibility index (Phi) is 5.08. The van der Waals surface area contributed by atoms with Gasteiger partial charge in [-0.2, -0.15) is 0 Å². The zero-order valence-corrected chi connectivity index (χ0v) is 16.9. The van der Waals surface area contributed by atoms with E-state index in [1.54, 1.807) is 12.1 Å². The van der Waals surface area contributed by atoms with Crippen LogP contribution in [0.2, 0.25) is 0 Å². The third-order valence-electron chi connectivity index (χ3n) is 4.92. The van der Waals surface area contributed by atoms with Crippen molar-refractivity contribution < 1.29 is 14.5 Å². The maximum atomic E-state index is 11.1. The third kappa shape index (κ3) is 3.68. The number of nitrogen functional groups attached to an aromatic ring is 1. The van der Waals surface area contributed by atoms with Crippen LogP contribution < -0.4 is 10.5 Å². The Bertz CT molecular complexity index is 1300. The second-order valence-corrected chi connectivity index (χ2v) is 7.22. The van der Waals surface area contributed by atoms with Crippen molar-refractivity contribution in [1.82, 2.24) is 14.5 Å². The molecule has 0 aliphatic rings. The molecule has 0 aliphatic carbocycles. The SMILES string of the molecule is CC(C)n1cc(-c2ccc(Oc3ccc([N+](=O)[O-])c(C=O)c3)cc2)c2c(N)ncnc21. The van der Waals surface area contributed by atoms with E-state index < -0.39 is 4.92 Å². The number of aromatic nitrogens is 3. The summed E-state index contributed by atoms with van der Waals surface area (Å²) in [5.41, 5.74) is 8.42. The van der Waals surface area contributed by atoms with E-state index in [9.17, 15) is 14.9 Å². The van der Waals surface area contributed by atoms with E-state index in [4.69, 9.17) is 10.5 Å². The standard InChI is InChI=1S/C22H19N5O4/c1-13(2)26-10-18(20-21(23)24-12-25-22(20)26)14-3-5-16(6-4-14)31-17-7-8-19(27(29)30)15(9-17)11-28/h3-13H,1-2H3,(H2,23,24,25). The van der Waals surface area contributed by atoms with Gasteiger partial charge in [0.25, 0.3) is 5.69 Å². The molecule has 0 unspecified atom stereocenters. The summed E-state index contributed by atoms with van der Waals surface area (Å²) in [5, 5.41) is 11.8. The number of nitro benzene ring substituents is 1. The molecule has 9 heteroatoms. The van der Waals surface area contributed by atoms with Gasteiger partial charge in [0.2, 0.25) is 0 Å². The highest BCUT2D eigenvalue weighted by Gasteiger charge is 2.17. The Labute approximate surface area is 177 Å². The molecule has 0 spiro atoms. The molecule has 31 heavy (non-hydrogen) atoms. The maximum absolute atomic E-state index is 11.1. The number of anilines is 1. The van der Waals surface area contributed by atoms with E-state index in [0.29, 0.717) is 23.6 Å². The molecule has 2 aromatic heterocycles. The smallest absolute Gasteiger partial charge is 0.280 e. The summed E-state index contributed by atoms with van der Waals surface area (Å²) in [6.45, 7) is 4.13. The molecule has 0 fully saturated rings. The lowest BCUT2D eigenvalue weighted by Crippen LogP contribution is -2.00. The highest BCUT2D eigenvalue weighted by atomic mass is 16.6. The van der Waals surface area contributed by atoms with Gasteiger partial charge in [-0.15, -0.1) is 0 Å². The molecule has 9 nitrogen and oxygen atoms in total. The van der Waals surface area contributed by atoms with Crippen LogP contribution in [0.25, 0.3) is 22.2 Å². The lowest BCUT2D eigenvalue weighted by molar-refractivity contribution is -0.385. The Hall–Kier alpha value is -4.27. The van der Waals surface area contributed by atoms with E-state index in [1.807, 2.05) is 22.9 Å². The summed E-state index contributed by atoms with van der Waals surface area (Å²) in [6, 6.07) is 11.5. The molecule has 2 heterocycles. The number of hydrogen-bond donors (Lipinski definition) is 1. The largest absolute Gasteiger partial charge is 0.457 e. The van der Waals surface area contributed by atoms with Gasteiger partial charge in [-0.05, 0) is 43.7 Å². The van der Waals surface area contributed by atoms with E-state index in [2.05, 4.69) is 23.8 Å². The van der Waals surface area contributed by atoms with E-state index in [0.717, 1.165) is 22.2 Å². The number of hydrogen-bond acceptors (Lipinski definition) is 7. The van der Waals surface area contributed by atoms with Crippen LogP contribution in [0.4, 0.5) is 11.5 Å². The molecule has 156 valence electrons. The van der Waals surface area contributed by atoms with Gasteiger partial charge in [-0.3, -0.25) is 14.9 Å². The number of carbonyl (C=O) groups excluding carboxylic acids is 1. The Balaban J connectivity index is 1.67. The first-order chi connectivity index (χ1) is 14.9. The van der Waals surface area contributed by atoms with Crippen LogP contribution in [-0.2, 0) is 0 Å². The zero-order valence-electron chi connectivity index (χ0n) is 16.9. The highest BCUT2D eigenvalue weighted by molar-refractivity contribution is 6.00. The van der Waals surface area contributed by atoms with E-state index >= 15 is 0 Å². The summed E-state index contributed by atoms with van der Waals surface area (Å²) < 4.78 is 7.81. The van der Waals surface area contributed by atoms with Crippen molar-refractivity contribution in [3.63, 3.8) is 0 Å². The van der Waals surface area contributed by atoms with Crippen LogP contribution >= 0.6 is 0 Å². The normalized spacial score (nSPS) is 11.1. The maximum Gasteiger partial charge on any atom is 0.280 e. The summed E-state index contributed by atoms with van der Waals surface area (Å²) in [5.74, 6) is 1.26. The number of benzene rings is 2. The van der Waals surface area contributed by atoms with Crippen LogP contribution in [-0.4, -0.2) is 25.7 Å². The number of nitrogens with zero attached hydrogens (tertiary/aromatic N) is 4. The van der Waals surface area contributed by atoms with Gasteiger partial charge in [0.15, 0.2) is 6.29 Å². The van der Waals surface area contributed by atoms with E-state index in [1.165, 1.54) is 24.5 Å².